The fourth-order valence-corrected chi connectivity index (χ4v) is 4.04. The van der Waals surface area contributed by atoms with Gasteiger partial charge in [0.2, 0.25) is 5.91 Å². The van der Waals surface area contributed by atoms with E-state index < -0.39 is 35.7 Å². The van der Waals surface area contributed by atoms with Crippen molar-refractivity contribution in [1.82, 2.24) is 10.2 Å². The van der Waals surface area contributed by atoms with Gasteiger partial charge in [0, 0.05) is 18.9 Å². The number of Topliss-reactive ketones (excluding diaryl/α,β-unsaturated/α-hetero) is 1. The number of amides is 2. The van der Waals surface area contributed by atoms with Crippen LogP contribution < -0.4 is 5.32 Å². The molecule has 0 aromatic heterocycles. The van der Waals surface area contributed by atoms with Crippen molar-refractivity contribution < 1.29 is 28.7 Å². The SMILES string of the molecule is CC(C)(C)OC(=O)N[C@H]1CC(=O)CC[C@H]2CC[C@@H](C(=O)OCc3ccccc3)N2C1=O. The Bertz CT molecular complexity index is 832. The second-order valence-electron chi connectivity index (χ2n) is 9.07. The second kappa shape index (κ2) is 9.49. The van der Waals surface area contributed by atoms with Gasteiger partial charge in [0.05, 0.1) is 0 Å². The van der Waals surface area contributed by atoms with Crippen LogP contribution in [0.2, 0.25) is 0 Å². The Balaban J connectivity index is 1.72. The maximum atomic E-state index is 13.3. The summed E-state index contributed by atoms with van der Waals surface area (Å²) in [6, 6.07) is 7.31. The number of hydrogen-bond acceptors (Lipinski definition) is 6. The molecule has 31 heavy (non-hydrogen) atoms. The fraction of sp³-hybridized carbons (Fsp3) is 0.565. The smallest absolute Gasteiger partial charge is 0.408 e. The molecule has 8 heteroatoms. The lowest BCUT2D eigenvalue weighted by atomic mass is 9.98. The average Bonchev–Trinajstić information content (AvgIpc) is 3.11. The van der Waals surface area contributed by atoms with Crippen LogP contribution in [-0.2, 0) is 30.5 Å². The first-order valence-electron chi connectivity index (χ1n) is 10.7. The Morgan fingerprint density at radius 2 is 1.81 bits per heavy atom. The zero-order chi connectivity index (χ0) is 22.6. The molecule has 2 aliphatic rings. The van der Waals surface area contributed by atoms with Gasteiger partial charge in [0.15, 0.2) is 0 Å². The molecule has 2 amide bonds. The van der Waals surface area contributed by atoms with E-state index in [2.05, 4.69) is 5.32 Å². The van der Waals surface area contributed by atoms with Crippen LogP contribution in [0.3, 0.4) is 0 Å². The van der Waals surface area contributed by atoms with E-state index in [0.29, 0.717) is 25.7 Å². The molecule has 3 rings (SSSR count). The lowest BCUT2D eigenvalue weighted by Crippen LogP contribution is -2.56. The summed E-state index contributed by atoms with van der Waals surface area (Å²) in [7, 11) is 0. The topological polar surface area (TPSA) is 102 Å². The predicted molar refractivity (Wildman–Crippen MR) is 112 cm³/mol. The number of benzene rings is 1. The summed E-state index contributed by atoms with van der Waals surface area (Å²) in [5.74, 6) is -1.00. The standard InChI is InChI=1S/C23H30N2O6/c1-23(2,3)31-22(29)24-18-13-17(26)11-9-16-10-12-19(25(16)20(18)27)21(28)30-14-15-7-5-4-6-8-15/h4-8,16,18-19H,9-14H2,1-3H3,(H,24,29)/t16-,18-,19-/m0/s1. The third-order valence-corrected chi connectivity index (χ3v) is 5.43. The molecule has 1 aromatic rings. The number of fused-ring (bicyclic) bond motifs is 1. The van der Waals surface area contributed by atoms with Crippen molar-refractivity contribution in [3.8, 4) is 0 Å². The highest BCUT2D eigenvalue weighted by atomic mass is 16.6. The zero-order valence-electron chi connectivity index (χ0n) is 18.3. The van der Waals surface area contributed by atoms with Gasteiger partial charge in [-0.2, -0.15) is 0 Å². The fourth-order valence-electron chi connectivity index (χ4n) is 4.04. The summed E-state index contributed by atoms with van der Waals surface area (Å²) in [6.07, 6.45) is 1.00. The third-order valence-electron chi connectivity index (χ3n) is 5.43. The molecule has 2 heterocycles. The number of ether oxygens (including phenoxy) is 2. The Hall–Kier alpha value is -2.90. The van der Waals surface area contributed by atoms with E-state index in [1.807, 2.05) is 30.3 Å². The first-order chi connectivity index (χ1) is 14.6. The molecule has 0 bridgehead atoms. The molecule has 2 aliphatic heterocycles. The third kappa shape index (κ3) is 6.06. The minimum atomic E-state index is -1.06. The molecule has 2 fully saturated rings. The number of carbonyl (C=O) groups is 4. The summed E-state index contributed by atoms with van der Waals surface area (Å²) in [6.45, 7) is 5.27. The van der Waals surface area contributed by atoms with E-state index in [-0.39, 0.29) is 24.9 Å². The van der Waals surface area contributed by atoms with Crippen LogP contribution in [0.1, 0.15) is 58.4 Å². The van der Waals surface area contributed by atoms with Crippen molar-refractivity contribution in [3.05, 3.63) is 35.9 Å². The number of ketones is 1. The molecule has 1 aromatic carbocycles. The molecule has 0 aliphatic carbocycles. The zero-order valence-corrected chi connectivity index (χ0v) is 18.3. The molecular formula is C23H30N2O6. The number of nitrogens with one attached hydrogen (secondary N) is 1. The van der Waals surface area contributed by atoms with E-state index in [1.165, 1.54) is 4.90 Å². The van der Waals surface area contributed by atoms with Gasteiger partial charge in [0.25, 0.3) is 0 Å². The van der Waals surface area contributed by atoms with Gasteiger partial charge in [-0.05, 0) is 45.6 Å². The van der Waals surface area contributed by atoms with Crippen LogP contribution in [-0.4, -0.2) is 52.4 Å². The molecule has 0 saturated carbocycles. The molecule has 0 radical (unpaired) electrons. The predicted octanol–water partition coefficient (Wildman–Crippen LogP) is 2.74. The normalized spacial score (nSPS) is 24.1. The van der Waals surface area contributed by atoms with Gasteiger partial charge in [-0.3, -0.25) is 9.59 Å². The lowest BCUT2D eigenvalue weighted by molar-refractivity contribution is -0.157. The van der Waals surface area contributed by atoms with Crippen molar-refractivity contribution in [2.45, 2.75) is 83.2 Å². The number of carbonyl (C=O) groups excluding carboxylic acids is 4. The monoisotopic (exact) mass is 430 g/mol. The van der Waals surface area contributed by atoms with Crippen LogP contribution in [0, 0.1) is 0 Å². The van der Waals surface area contributed by atoms with Crippen molar-refractivity contribution in [3.63, 3.8) is 0 Å². The van der Waals surface area contributed by atoms with Crippen LogP contribution >= 0.6 is 0 Å². The number of nitrogens with zero attached hydrogens (tertiary/aromatic N) is 1. The largest absolute Gasteiger partial charge is 0.459 e. The first-order valence-corrected chi connectivity index (χ1v) is 10.7. The molecule has 0 unspecified atom stereocenters. The molecule has 168 valence electrons. The molecule has 3 atom stereocenters. The highest BCUT2D eigenvalue weighted by Crippen LogP contribution is 2.31. The lowest BCUT2D eigenvalue weighted by Gasteiger charge is -2.34. The minimum Gasteiger partial charge on any atom is -0.459 e. The second-order valence-corrected chi connectivity index (χ2v) is 9.07. The van der Waals surface area contributed by atoms with Crippen molar-refractivity contribution in [2.24, 2.45) is 0 Å². The van der Waals surface area contributed by atoms with E-state index in [0.717, 1.165) is 5.56 Å². The van der Waals surface area contributed by atoms with Crippen LogP contribution in [0.15, 0.2) is 30.3 Å². The van der Waals surface area contributed by atoms with E-state index in [9.17, 15) is 19.2 Å². The number of alkyl carbamates (subject to hydrolysis) is 1. The van der Waals surface area contributed by atoms with Gasteiger partial charge in [-0.15, -0.1) is 0 Å². The summed E-state index contributed by atoms with van der Waals surface area (Å²) in [5, 5.41) is 2.53. The summed E-state index contributed by atoms with van der Waals surface area (Å²) in [5.41, 5.74) is 0.123. The average molecular weight is 431 g/mol. The number of rotatable bonds is 4. The Labute approximate surface area is 182 Å². The summed E-state index contributed by atoms with van der Waals surface area (Å²) >= 11 is 0. The van der Waals surface area contributed by atoms with Crippen LogP contribution in [0.5, 0.6) is 0 Å². The van der Waals surface area contributed by atoms with Crippen molar-refractivity contribution in [1.29, 1.82) is 0 Å². The van der Waals surface area contributed by atoms with Crippen LogP contribution in [0.25, 0.3) is 0 Å². The molecule has 2 saturated heterocycles. The maximum absolute atomic E-state index is 13.3. The van der Waals surface area contributed by atoms with Gasteiger partial charge in [0.1, 0.15) is 30.1 Å². The van der Waals surface area contributed by atoms with Crippen molar-refractivity contribution >= 4 is 23.8 Å². The van der Waals surface area contributed by atoms with E-state index in [1.54, 1.807) is 20.8 Å². The van der Waals surface area contributed by atoms with Gasteiger partial charge in [-0.25, -0.2) is 9.59 Å². The number of esters is 1. The quantitative estimate of drug-likeness (QED) is 0.737. The van der Waals surface area contributed by atoms with Gasteiger partial charge < -0.3 is 19.7 Å². The van der Waals surface area contributed by atoms with Crippen molar-refractivity contribution in [2.75, 3.05) is 0 Å². The number of hydrogen-bond donors (Lipinski definition) is 1. The Morgan fingerprint density at radius 3 is 2.48 bits per heavy atom. The van der Waals surface area contributed by atoms with E-state index >= 15 is 0 Å². The molecule has 1 N–H and O–H groups in total. The summed E-state index contributed by atoms with van der Waals surface area (Å²) < 4.78 is 10.7. The van der Waals surface area contributed by atoms with Crippen LogP contribution in [0.4, 0.5) is 4.79 Å². The van der Waals surface area contributed by atoms with Gasteiger partial charge >= 0.3 is 12.1 Å². The molecular weight excluding hydrogens is 400 g/mol. The summed E-state index contributed by atoms with van der Waals surface area (Å²) in [4.78, 5) is 52.1. The van der Waals surface area contributed by atoms with E-state index in [4.69, 9.17) is 9.47 Å². The Kier molecular flexibility index (Phi) is 6.97. The highest BCUT2D eigenvalue weighted by molar-refractivity contribution is 5.95. The molecule has 0 spiro atoms. The maximum Gasteiger partial charge on any atom is 0.408 e. The Morgan fingerprint density at radius 1 is 1.10 bits per heavy atom. The first kappa shape index (κ1) is 22.8. The highest BCUT2D eigenvalue weighted by Gasteiger charge is 2.45. The molecule has 8 nitrogen and oxygen atoms in total. The van der Waals surface area contributed by atoms with Gasteiger partial charge in [-0.1, -0.05) is 30.3 Å². The minimum absolute atomic E-state index is 0.0934.